The first-order valence-corrected chi connectivity index (χ1v) is 4.42. The van der Waals surface area contributed by atoms with Crippen LogP contribution in [0, 0.1) is 5.92 Å². The minimum absolute atomic E-state index is 0.409. The van der Waals surface area contributed by atoms with E-state index < -0.39 is 22.7 Å². The van der Waals surface area contributed by atoms with Gasteiger partial charge in [-0.15, -0.1) is 11.6 Å². The highest BCUT2D eigenvalue weighted by Crippen LogP contribution is 2.32. The van der Waals surface area contributed by atoms with Crippen molar-refractivity contribution in [1.82, 2.24) is 0 Å². The molecule has 11 heavy (non-hydrogen) atoms. The SMILES string of the molecule is O=C(Cl)C1C(F)CCCC1Cl. The lowest BCUT2D eigenvalue weighted by Gasteiger charge is -2.27. The number of halogens is 3. The molecule has 3 atom stereocenters. The van der Waals surface area contributed by atoms with Crippen molar-refractivity contribution in [1.29, 1.82) is 0 Å². The van der Waals surface area contributed by atoms with E-state index >= 15 is 0 Å². The summed E-state index contributed by atoms with van der Waals surface area (Å²) < 4.78 is 13.0. The summed E-state index contributed by atoms with van der Waals surface area (Å²) in [7, 11) is 0. The van der Waals surface area contributed by atoms with E-state index in [2.05, 4.69) is 0 Å². The fourth-order valence-corrected chi connectivity index (χ4v) is 2.16. The summed E-state index contributed by atoms with van der Waals surface area (Å²) in [5.41, 5.74) is 0. The fraction of sp³-hybridized carbons (Fsp3) is 0.857. The Bertz CT molecular complexity index is 153. The van der Waals surface area contributed by atoms with Gasteiger partial charge in [0.1, 0.15) is 6.17 Å². The monoisotopic (exact) mass is 198 g/mol. The van der Waals surface area contributed by atoms with Crippen molar-refractivity contribution in [2.75, 3.05) is 0 Å². The van der Waals surface area contributed by atoms with E-state index in [0.717, 1.165) is 6.42 Å². The molecule has 0 aromatic carbocycles. The van der Waals surface area contributed by atoms with Crippen molar-refractivity contribution in [3.05, 3.63) is 0 Å². The fourth-order valence-electron chi connectivity index (χ4n) is 1.38. The Morgan fingerprint density at radius 3 is 2.45 bits per heavy atom. The molecule has 0 heterocycles. The van der Waals surface area contributed by atoms with Gasteiger partial charge in [-0.1, -0.05) is 0 Å². The molecule has 1 aliphatic rings. The molecule has 1 nitrogen and oxygen atoms in total. The highest BCUT2D eigenvalue weighted by atomic mass is 35.5. The van der Waals surface area contributed by atoms with Crippen LogP contribution in [0.3, 0.4) is 0 Å². The smallest absolute Gasteiger partial charge is 0.229 e. The molecule has 0 bridgehead atoms. The molecule has 3 unspecified atom stereocenters. The molecule has 0 radical (unpaired) electrons. The van der Waals surface area contributed by atoms with Gasteiger partial charge in [0.05, 0.1) is 5.92 Å². The van der Waals surface area contributed by atoms with Gasteiger partial charge in [-0.3, -0.25) is 4.79 Å². The summed E-state index contributed by atoms with van der Waals surface area (Å²) >= 11 is 10.9. The van der Waals surface area contributed by atoms with Crippen LogP contribution in [0.25, 0.3) is 0 Å². The predicted molar refractivity (Wildman–Crippen MR) is 42.7 cm³/mol. The first kappa shape index (κ1) is 9.27. The van der Waals surface area contributed by atoms with Crippen molar-refractivity contribution in [2.45, 2.75) is 30.8 Å². The lowest BCUT2D eigenvalue weighted by molar-refractivity contribution is -0.117. The first-order chi connectivity index (χ1) is 5.13. The number of hydrogen-bond donors (Lipinski definition) is 0. The summed E-state index contributed by atoms with van der Waals surface area (Å²) in [6, 6.07) is 0. The van der Waals surface area contributed by atoms with Crippen LogP contribution in [-0.4, -0.2) is 16.8 Å². The average Bonchev–Trinajstić information content (AvgIpc) is 1.85. The molecule has 0 saturated heterocycles. The van der Waals surface area contributed by atoms with Gasteiger partial charge in [-0.2, -0.15) is 0 Å². The van der Waals surface area contributed by atoms with Gasteiger partial charge in [0.25, 0.3) is 0 Å². The zero-order valence-electron chi connectivity index (χ0n) is 5.90. The van der Waals surface area contributed by atoms with Crippen LogP contribution in [0.4, 0.5) is 4.39 Å². The van der Waals surface area contributed by atoms with Gasteiger partial charge in [-0.25, -0.2) is 4.39 Å². The van der Waals surface area contributed by atoms with E-state index in [1.54, 1.807) is 0 Å². The van der Waals surface area contributed by atoms with Crippen LogP contribution in [-0.2, 0) is 4.79 Å². The van der Waals surface area contributed by atoms with Crippen molar-refractivity contribution >= 4 is 28.4 Å². The van der Waals surface area contributed by atoms with Gasteiger partial charge in [0, 0.05) is 5.38 Å². The number of rotatable bonds is 1. The third kappa shape index (κ3) is 2.06. The molecule has 1 rings (SSSR count). The predicted octanol–water partition coefficient (Wildman–Crippen LogP) is 2.50. The Labute approximate surface area is 74.9 Å². The molecule has 0 aromatic rings. The summed E-state index contributed by atoms with van der Waals surface area (Å²) in [6.07, 6.45) is 0.698. The van der Waals surface area contributed by atoms with E-state index in [4.69, 9.17) is 23.2 Å². The minimum atomic E-state index is -1.14. The van der Waals surface area contributed by atoms with Gasteiger partial charge >= 0.3 is 0 Å². The Morgan fingerprint density at radius 1 is 1.45 bits per heavy atom. The van der Waals surface area contributed by atoms with E-state index in [1.165, 1.54) is 0 Å². The first-order valence-electron chi connectivity index (χ1n) is 3.60. The highest BCUT2D eigenvalue weighted by Gasteiger charge is 2.36. The van der Waals surface area contributed by atoms with Gasteiger partial charge in [-0.05, 0) is 30.9 Å². The molecular formula is C7H9Cl2FO. The van der Waals surface area contributed by atoms with Crippen LogP contribution < -0.4 is 0 Å². The number of carbonyl (C=O) groups is 1. The number of alkyl halides is 2. The third-order valence-corrected chi connectivity index (χ3v) is 2.74. The molecular weight excluding hydrogens is 190 g/mol. The summed E-state index contributed by atoms with van der Waals surface area (Å²) in [5, 5.41) is -1.05. The lowest BCUT2D eigenvalue weighted by atomic mass is 9.88. The zero-order valence-corrected chi connectivity index (χ0v) is 7.41. The van der Waals surface area contributed by atoms with E-state index in [9.17, 15) is 9.18 Å². The highest BCUT2D eigenvalue weighted by molar-refractivity contribution is 6.64. The Morgan fingerprint density at radius 2 is 2.09 bits per heavy atom. The Kier molecular flexibility index (Phi) is 3.14. The van der Waals surface area contributed by atoms with Gasteiger partial charge in [0.15, 0.2) is 0 Å². The van der Waals surface area contributed by atoms with Crippen LogP contribution in [0.5, 0.6) is 0 Å². The minimum Gasteiger partial charge on any atom is -0.281 e. The second-order valence-corrected chi connectivity index (χ2v) is 3.73. The van der Waals surface area contributed by atoms with Crippen LogP contribution in [0.2, 0.25) is 0 Å². The number of hydrogen-bond acceptors (Lipinski definition) is 1. The van der Waals surface area contributed by atoms with Crippen LogP contribution >= 0.6 is 23.2 Å². The summed E-state index contributed by atoms with van der Waals surface area (Å²) in [6.45, 7) is 0. The van der Waals surface area contributed by atoms with E-state index in [1.807, 2.05) is 0 Å². The lowest BCUT2D eigenvalue weighted by Crippen LogP contribution is -2.34. The molecule has 0 aromatic heterocycles. The van der Waals surface area contributed by atoms with E-state index in [0.29, 0.717) is 12.8 Å². The standard InChI is InChI=1S/C7H9Cl2FO/c8-4-2-1-3-5(10)6(4)7(9)11/h4-6H,1-3H2. The number of carbonyl (C=O) groups excluding carboxylic acids is 1. The second kappa shape index (κ2) is 3.72. The Balaban J connectivity index is 2.62. The quantitative estimate of drug-likeness (QED) is 0.468. The average molecular weight is 199 g/mol. The largest absolute Gasteiger partial charge is 0.281 e. The molecule has 0 aliphatic heterocycles. The van der Waals surface area contributed by atoms with Crippen molar-refractivity contribution in [3.63, 3.8) is 0 Å². The maximum absolute atomic E-state index is 13.0. The van der Waals surface area contributed by atoms with Crippen LogP contribution in [0.15, 0.2) is 0 Å². The molecule has 0 spiro atoms. The molecule has 0 amide bonds. The molecule has 1 fully saturated rings. The topological polar surface area (TPSA) is 17.1 Å². The van der Waals surface area contributed by atoms with Gasteiger partial charge in [0.2, 0.25) is 5.24 Å². The summed E-state index contributed by atoms with van der Waals surface area (Å²) in [5.74, 6) is -0.785. The molecule has 64 valence electrons. The summed E-state index contributed by atoms with van der Waals surface area (Å²) in [4.78, 5) is 10.7. The molecule has 1 saturated carbocycles. The maximum atomic E-state index is 13.0. The van der Waals surface area contributed by atoms with Crippen molar-refractivity contribution in [3.8, 4) is 0 Å². The normalized spacial score (nSPS) is 38.6. The van der Waals surface area contributed by atoms with Gasteiger partial charge < -0.3 is 0 Å². The maximum Gasteiger partial charge on any atom is 0.229 e. The molecule has 4 heteroatoms. The van der Waals surface area contributed by atoms with E-state index in [-0.39, 0.29) is 0 Å². The van der Waals surface area contributed by atoms with Crippen LogP contribution in [0.1, 0.15) is 19.3 Å². The third-order valence-electron chi connectivity index (χ3n) is 2.00. The molecule has 1 aliphatic carbocycles. The molecule has 0 N–H and O–H groups in total. The second-order valence-electron chi connectivity index (χ2n) is 2.79. The Hall–Kier alpha value is 0.180. The zero-order chi connectivity index (χ0) is 8.43. The van der Waals surface area contributed by atoms with Crippen molar-refractivity contribution < 1.29 is 9.18 Å². The van der Waals surface area contributed by atoms with Crippen molar-refractivity contribution in [2.24, 2.45) is 5.92 Å².